The van der Waals surface area contributed by atoms with Gasteiger partial charge in [-0.15, -0.1) is 11.3 Å². The zero-order chi connectivity index (χ0) is 20.6. The molecule has 1 aromatic heterocycles. The van der Waals surface area contributed by atoms with Crippen molar-refractivity contribution in [2.45, 2.75) is 25.9 Å². The molecule has 0 aliphatic rings. The molecule has 5 nitrogen and oxygen atoms in total. The van der Waals surface area contributed by atoms with E-state index in [1.54, 1.807) is 24.3 Å². The Morgan fingerprint density at radius 1 is 1.24 bits per heavy atom. The third-order valence-electron chi connectivity index (χ3n) is 4.25. The van der Waals surface area contributed by atoms with Gasteiger partial charge in [0.15, 0.2) is 17.7 Å². The average molecular weight is 415 g/mol. The Kier molecular flexibility index (Phi) is 7.32. The second kappa shape index (κ2) is 10.1. The Labute approximate surface area is 172 Å². The third kappa shape index (κ3) is 5.85. The van der Waals surface area contributed by atoms with Crippen LogP contribution in [0.25, 0.3) is 10.6 Å². The lowest BCUT2D eigenvalue weighted by molar-refractivity contribution is -0.149. The van der Waals surface area contributed by atoms with Crippen molar-refractivity contribution in [1.82, 2.24) is 4.98 Å². The molecule has 29 heavy (non-hydrogen) atoms. The van der Waals surface area contributed by atoms with Gasteiger partial charge in [0.1, 0.15) is 5.01 Å². The highest BCUT2D eigenvalue weighted by atomic mass is 32.1. The molecule has 2 aromatic carbocycles. The van der Waals surface area contributed by atoms with Gasteiger partial charge in [-0.2, -0.15) is 0 Å². The molecule has 1 N–H and O–H groups in total. The summed E-state index contributed by atoms with van der Waals surface area (Å²) in [6, 6.07) is 14.4. The van der Waals surface area contributed by atoms with Crippen LogP contribution in [0.1, 0.15) is 18.2 Å². The van der Waals surface area contributed by atoms with Crippen LogP contribution in [0.5, 0.6) is 5.75 Å². The molecule has 0 bridgehead atoms. The third-order valence-corrected chi connectivity index (χ3v) is 5.19. The van der Waals surface area contributed by atoms with E-state index in [1.807, 2.05) is 35.7 Å². The highest BCUT2D eigenvalue weighted by molar-refractivity contribution is 7.13. The summed E-state index contributed by atoms with van der Waals surface area (Å²) in [4.78, 5) is 15.8. The van der Waals surface area contributed by atoms with E-state index in [0.29, 0.717) is 18.6 Å². The first kappa shape index (κ1) is 21.0. The first-order valence-electron chi connectivity index (χ1n) is 9.32. The van der Waals surface area contributed by atoms with E-state index in [1.165, 1.54) is 12.1 Å². The van der Waals surface area contributed by atoms with Crippen molar-refractivity contribution in [2.24, 2.45) is 0 Å². The SMILES string of the molecule is CCOC(Cc1ccc(OCCc2csc(-c3ccccc3)n2)c(F)c1)C(=O)O. The summed E-state index contributed by atoms with van der Waals surface area (Å²) in [6.07, 6.45) is -0.327. The van der Waals surface area contributed by atoms with Gasteiger partial charge in [-0.25, -0.2) is 14.2 Å². The Bertz CT molecular complexity index is 945. The number of aromatic nitrogens is 1. The number of carboxylic acids is 1. The second-order valence-corrected chi connectivity index (χ2v) is 7.22. The van der Waals surface area contributed by atoms with E-state index < -0.39 is 17.9 Å². The van der Waals surface area contributed by atoms with Crippen molar-refractivity contribution in [1.29, 1.82) is 0 Å². The highest BCUT2D eigenvalue weighted by Gasteiger charge is 2.19. The number of nitrogens with zero attached hydrogens (tertiary/aromatic N) is 1. The van der Waals surface area contributed by atoms with Crippen LogP contribution in [0.4, 0.5) is 4.39 Å². The molecule has 152 valence electrons. The summed E-state index contributed by atoms with van der Waals surface area (Å²) >= 11 is 1.57. The maximum atomic E-state index is 14.3. The summed E-state index contributed by atoms with van der Waals surface area (Å²) in [5, 5.41) is 12.1. The van der Waals surface area contributed by atoms with Crippen molar-refractivity contribution in [2.75, 3.05) is 13.2 Å². The molecular weight excluding hydrogens is 393 g/mol. The van der Waals surface area contributed by atoms with Gasteiger partial charge in [0.2, 0.25) is 0 Å². The predicted octanol–water partition coefficient (Wildman–Crippen LogP) is 4.60. The molecule has 3 rings (SSSR count). The van der Waals surface area contributed by atoms with E-state index in [-0.39, 0.29) is 18.8 Å². The van der Waals surface area contributed by atoms with Crippen LogP contribution in [0.3, 0.4) is 0 Å². The van der Waals surface area contributed by atoms with Crippen LogP contribution < -0.4 is 4.74 Å². The molecule has 0 spiro atoms. The molecule has 1 heterocycles. The summed E-state index contributed by atoms with van der Waals surface area (Å²) in [5.74, 6) is -1.45. The molecule has 3 aromatic rings. The van der Waals surface area contributed by atoms with Gasteiger partial charge in [-0.3, -0.25) is 0 Å². The molecule has 0 aliphatic carbocycles. The van der Waals surface area contributed by atoms with Crippen LogP contribution in [-0.4, -0.2) is 35.4 Å². The van der Waals surface area contributed by atoms with E-state index in [4.69, 9.17) is 14.6 Å². The summed E-state index contributed by atoms with van der Waals surface area (Å²) in [6.45, 7) is 2.30. The van der Waals surface area contributed by atoms with Crippen LogP contribution in [-0.2, 0) is 22.4 Å². The van der Waals surface area contributed by atoms with Gasteiger partial charge < -0.3 is 14.6 Å². The van der Waals surface area contributed by atoms with Gasteiger partial charge >= 0.3 is 5.97 Å². The van der Waals surface area contributed by atoms with E-state index >= 15 is 0 Å². The fourth-order valence-corrected chi connectivity index (χ4v) is 3.68. The molecule has 0 saturated heterocycles. The van der Waals surface area contributed by atoms with Crippen molar-refractivity contribution in [3.63, 3.8) is 0 Å². The van der Waals surface area contributed by atoms with E-state index in [9.17, 15) is 9.18 Å². The minimum Gasteiger partial charge on any atom is -0.490 e. The van der Waals surface area contributed by atoms with Crippen molar-refractivity contribution in [3.05, 3.63) is 71.0 Å². The molecular formula is C22H22FNO4S. The maximum Gasteiger partial charge on any atom is 0.333 e. The normalized spacial score (nSPS) is 11.9. The summed E-state index contributed by atoms with van der Waals surface area (Å²) in [7, 11) is 0. The van der Waals surface area contributed by atoms with Crippen LogP contribution in [0.15, 0.2) is 53.9 Å². The van der Waals surface area contributed by atoms with Gasteiger partial charge in [0, 0.05) is 30.4 Å². The minimum absolute atomic E-state index is 0.0987. The van der Waals surface area contributed by atoms with Crippen molar-refractivity contribution >= 4 is 17.3 Å². The Morgan fingerprint density at radius 3 is 2.72 bits per heavy atom. The zero-order valence-electron chi connectivity index (χ0n) is 16.0. The summed E-state index contributed by atoms with van der Waals surface area (Å²) in [5.41, 5.74) is 2.51. The van der Waals surface area contributed by atoms with Gasteiger partial charge in [-0.05, 0) is 24.6 Å². The molecule has 0 saturated carbocycles. The average Bonchev–Trinajstić information content (AvgIpc) is 3.19. The number of halogens is 1. The summed E-state index contributed by atoms with van der Waals surface area (Å²) < 4.78 is 25.0. The first-order valence-corrected chi connectivity index (χ1v) is 10.2. The number of hydrogen-bond donors (Lipinski definition) is 1. The molecule has 0 fully saturated rings. The molecule has 0 amide bonds. The quantitative estimate of drug-likeness (QED) is 0.524. The molecule has 0 aliphatic heterocycles. The Balaban J connectivity index is 1.55. The molecule has 1 atom stereocenters. The Morgan fingerprint density at radius 2 is 2.03 bits per heavy atom. The van der Waals surface area contributed by atoms with Crippen LogP contribution >= 0.6 is 11.3 Å². The number of hydrogen-bond acceptors (Lipinski definition) is 5. The monoisotopic (exact) mass is 415 g/mol. The maximum absolute atomic E-state index is 14.3. The molecule has 7 heteroatoms. The smallest absolute Gasteiger partial charge is 0.333 e. The zero-order valence-corrected chi connectivity index (χ0v) is 16.8. The van der Waals surface area contributed by atoms with Crippen LogP contribution in [0.2, 0.25) is 0 Å². The first-order chi connectivity index (χ1) is 14.1. The molecule has 0 radical (unpaired) electrons. The van der Waals surface area contributed by atoms with E-state index in [0.717, 1.165) is 16.3 Å². The number of benzene rings is 2. The van der Waals surface area contributed by atoms with Gasteiger partial charge in [-0.1, -0.05) is 36.4 Å². The predicted molar refractivity (Wildman–Crippen MR) is 110 cm³/mol. The minimum atomic E-state index is -1.06. The lowest BCUT2D eigenvalue weighted by Gasteiger charge is -2.13. The Hall–Kier alpha value is -2.77. The van der Waals surface area contributed by atoms with Gasteiger partial charge in [0.25, 0.3) is 0 Å². The number of rotatable bonds is 10. The van der Waals surface area contributed by atoms with Crippen LogP contribution in [0, 0.1) is 5.82 Å². The fourth-order valence-electron chi connectivity index (χ4n) is 2.82. The molecule has 1 unspecified atom stereocenters. The lowest BCUT2D eigenvalue weighted by Crippen LogP contribution is -2.26. The van der Waals surface area contributed by atoms with E-state index in [2.05, 4.69) is 4.98 Å². The number of thiazole rings is 1. The number of aliphatic carboxylic acids is 1. The topological polar surface area (TPSA) is 68.7 Å². The second-order valence-electron chi connectivity index (χ2n) is 6.36. The number of carbonyl (C=O) groups is 1. The number of carboxylic acid groups (broad SMARTS) is 1. The standard InChI is InChI=1S/C22H22FNO4S/c1-2-27-20(22(25)26)13-15-8-9-19(18(23)12-15)28-11-10-17-14-29-21(24-17)16-6-4-3-5-7-16/h3-9,12,14,20H,2,10-11,13H2,1H3,(H,25,26). The largest absolute Gasteiger partial charge is 0.490 e. The lowest BCUT2D eigenvalue weighted by atomic mass is 10.1. The number of ether oxygens (including phenoxy) is 2. The fraction of sp³-hybridized carbons (Fsp3) is 0.273. The van der Waals surface area contributed by atoms with Crippen molar-refractivity contribution in [3.8, 4) is 16.3 Å². The van der Waals surface area contributed by atoms with Gasteiger partial charge in [0.05, 0.1) is 12.3 Å². The van der Waals surface area contributed by atoms with Crippen molar-refractivity contribution < 1.29 is 23.8 Å². The highest BCUT2D eigenvalue weighted by Crippen LogP contribution is 2.24.